The third-order valence-corrected chi connectivity index (χ3v) is 4.96. The highest BCUT2D eigenvalue weighted by Gasteiger charge is 2.29. The molecule has 2 fully saturated rings. The van der Waals surface area contributed by atoms with E-state index in [-0.39, 0.29) is 6.04 Å². The van der Waals surface area contributed by atoms with Gasteiger partial charge in [-0.1, -0.05) is 26.7 Å². The van der Waals surface area contributed by atoms with Crippen molar-refractivity contribution in [2.45, 2.75) is 71.3 Å². The van der Waals surface area contributed by atoms with Gasteiger partial charge in [0.2, 0.25) is 0 Å². The van der Waals surface area contributed by atoms with Gasteiger partial charge in [-0.05, 0) is 57.0 Å². The third kappa shape index (κ3) is 3.57. The largest absolute Gasteiger partial charge is 0.298 e. The van der Waals surface area contributed by atoms with Gasteiger partial charge in [-0.25, -0.2) is 0 Å². The van der Waals surface area contributed by atoms with Crippen molar-refractivity contribution < 1.29 is 4.79 Å². The van der Waals surface area contributed by atoms with Crippen molar-refractivity contribution in [2.24, 2.45) is 11.8 Å². The van der Waals surface area contributed by atoms with Crippen LogP contribution >= 0.6 is 0 Å². The summed E-state index contributed by atoms with van der Waals surface area (Å²) in [5, 5.41) is 0. The Morgan fingerprint density at radius 1 is 1.00 bits per heavy atom. The molecule has 18 heavy (non-hydrogen) atoms. The molecule has 104 valence electrons. The molecule has 0 spiro atoms. The first-order valence-corrected chi connectivity index (χ1v) is 7.95. The van der Waals surface area contributed by atoms with E-state index in [1.807, 2.05) is 0 Å². The minimum atomic E-state index is 0.262. The summed E-state index contributed by atoms with van der Waals surface area (Å²) in [4.78, 5) is 14.7. The normalized spacial score (nSPS) is 32.3. The topological polar surface area (TPSA) is 20.3 Å². The van der Waals surface area contributed by atoms with E-state index in [4.69, 9.17) is 0 Å². The Labute approximate surface area is 112 Å². The summed E-state index contributed by atoms with van der Waals surface area (Å²) in [5.74, 6) is 2.20. The SMILES string of the molecule is CC(C)C1CCCN(C2CCCCCC2=O)CC1. The van der Waals surface area contributed by atoms with Gasteiger partial charge < -0.3 is 0 Å². The zero-order valence-electron chi connectivity index (χ0n) is 12.2. The molecule has 1 saturated carbocycles. The lowest BCUT2D eigenvalue weighted by atomic mass is 9.89. The summed E-state index contributed by atoms with van der Waals surface area (Å²) in [7, 11) is 0. The maximum Gasteiger partial charge on any atom is 0.149 e. The molecule has 1 heterocycles. The average Bonchev–Trinajstić information content (AvgIpc) is 2.68. The molecule has 2 unspecified atom stereocenters. The summed E-state index contributed by atoms with van der Waals surface area (Å²) in [6, 6.07) is 0.262. The molecular formula is C16H29NO. The monoisotopic (exact) mass is 251 g/mol. The Hall–Kier alpha value is -0.370. The first kappa shape index (κ1) is 14.0. The second-order valence-corrected chi connectivity index (χ2v) is 6.55. The molecule has 1 aliphatic heterocycles. The van der Waals surface area contributed by atoms with Crippen LogP contribution in [0, 0.1) is 11.8 Å². The van der Waals surface area contributed by atoms with Gasteiger partial charge in [-0.2, -0.15) is 0 Å². The van der Waals surface area contributed by atoms with Crippen LogP contribution in [0.2, 0.25) is 0 Å². The average molecular weight is 251 g/mol. The van der Waals surface area contributed by atoms with Crippen molar-refractivity contribution >= 4 is 5.78 Å². The highest BCUT2D eigenvalue weighted by Crippen LogP contribution is 2.27. The molecule has 2 heteroatoms. The molecule has 1 aliphatic carbocycles. The van der Waals surface area contributed by atoms with Gasteiger partial charge in [0, 0.05) is 6.42 Å². The molecule has 2 nitrogen and oxygen atoms in total. The van der Waals surface area contributed by atoms with Crippen LogP contribution < -0.4 is 0 Å². The lowest BCUT2D eigenvalue weighted by Crippen LogP contribution is -2.41. The summed E-state index contributed by atoms with van der Waals surface area (Å²) >= 11 is 0. The van der Waals surface area contributed by atoms with Crippen molar-refractivity contribution in [2.75, 3.05) is 13.1 Å². The molecule has 2 atom stereocenters. The predicted octanol–water partition coefficient (Wildman–Crippen LogP) is 3.65. The van der Waals surface area contributed by atoms with E-state index in [9.17, 15) is 4.79 Å². The number of nitrogens with zero attached hydrogens (tertiary/aromatic N) is 1. The first-order chi connectivity index (χ1) is 8.68. The number of carbonyl (C=O) groups is 1. The van der Waals surface area contributed by atoms with Crippen molar-refractivity contribution in [1.82, 2.24) is 4.90 Å². The van der Waals surface area contributed by atoms with Gasteiger partial charge in [-0.3, -0.25) is 9.69 Å². The molecule has 0 amide bonds. The maximum atomic E-state index is 12.2. The van der Waals surface area contributed by atoms with Crippen LogP contribution in [0.15, 0.2) is 0 Å². The molecule has 0 aromatic rings. The number of carbonyl (C=O) groups excluding carboxylic acids is 1. The predicted molar refractivity (Wildman–Crippen MR) is 75.6 cm³/mol. The Bertz CT molecular complexity index is 274. The van der Waals surface area contributed by atoms with Gasteiger partial charge in [-0.15, -0.1) is 0 Å². The van der Waals surface area contributed by atoms with Gasteiger partial charge in [0.25, 0.3) is 0 Å². The van der Waals surface area contributed by atoms with Crippen LogP contribution in [-0.4, -0.2) is 29.8 Å². The number of Topliss-reactive ketones (excluding diaryl/α,β-unsaturated/α-hetero) is 1. The fraction of sp³-hybridized carbons (Fsp3) is 0.938. The summed E-state index contributed by atoms with van der Waals surface area (Å²) < 4.78 is 0. The van der Waals surface area contributed by atoms with Crippen LogP contribution in [-0.2, 0) is 4.79 Å². The quantitative estimate of drug-likeness (QED) is 0.698. The van der Waals surface area contributed by atoms with Crippen LogP contribution in [0.4, 0.5) is 0 Å². The molecule has 0 N–H and O–H groups in total. The molecule has 0 radical (unpaired) electrons. The number of likely N-dealkylation sites (tertiary alicyclic amines) is 1. The first-order valence-electron chi connectivity index (χ1n) is 7.95. The minimum absolute atomic E-state index is 0.262. The fourth-order valence-corrected chi connectivity index (χ4v) is 3.65. The van der Waals surface area contributed by atoms with E-state index >= 15 is 0 Å². The van der Waals surface area contributed by atoms with E-state index in [1.165, 1.54) is 32.1 Å². The second-order valence-electron chi connectivity index (χ2n) is 6.55. The van der Waals surface area contributed by atoms with Crippen molar-refractivity contribution in [3.8, 4) is 0 Å². The Kier molecular flexibility index (Phi) is 5.23. The molecule has 2 aliphatic rings. The van der Waals surface area contributed by atoms with E-state index in [1.54, 1.807) is 0 Å². The summed E-state index contributed by atoms with van der Waals surface area (Å²) in [5.41, 5.74) is 0. The van der Waals surface area contributed by atoms with Crippen LogP contribution in [0.1, 0.15) is 65.2 Å². The lowest BCUT2D eigenvalue weighted by molar-refractivity contribution is -0.124. The van der Waals surface area contributed by atoms with Crippen LogP contribution in [0.25, 0.3) is 0 Å². The maximum absolute atomic E-state index is 12.2. The fourth-order valence-electron chi connectivity index (χ4n) is 3.65. The zero-order chi connectivity index (χ0) is 13.0. The number of hydrogen-bond donors (Lipinski definition) is 0. The zero-order valence-corrected chi connectivity index (χ0v) is 12.2. The minimum Gasteiger partial charge on any atom is -0.298 e. The van der Waals surface area contributed by atoms with Crippen LogP contribution in [0.5, 0.6) is 0 Å². The number of ketones is 1. The van der Waals surface area contributed by atoms with Gasteiger partial charge in [0.1, 0.15) is 5.78 Å². The van der Waals surface area contributed by atoms with E-state index < -0.39 is 0 Å². The standard InChI is InChI=1S/C16H29NO/c1-13(2)14-7-6-11-17(12-10-14)15-8-4-3-5-9-16(15)18/h13-15H,3-12H2,1-2H3. The van der Waals surface area contributed by atoms with E-state index in [2.05, 4.69) is 18.7 Å². The lowest BCUT2D eigenvalue weighted by Gasteiger charge is -2.29. The van der Waals surface area contributed by atoms with Crippen molar-refractivity contribution in [3.63, 3.8) is 0 Å². The van der Waals surface area contributed by atoms with Gasteiger partial charge in [0.05, 0.1) is 6.04 Å². The molecule has 2 rings (SSSR count). The Morgan fingerprint density at radius 2 is 1.83 bits per heavy atom. The van der Waals surface area contributed by atoms with Crippen LogP contribution in [0.3, 0.4) is 0 Å². The highest BCUT2D eigenvalue weighted by atomic mass is 16.1. The number of rotatable bonds is 2. The summed E-state index contributed by atoms with van der Waals surface area (Å²) in [6.45, 7) is 6.99. The molecule has 1 saturated heterocycles. The third-order valence-electron chi connectivity index (χ3n) is 4.96. The van der Waals surface area contributed by atoms with E-state index in [0.717, 1.165) is 44.2 Å². The molecule has 0 aromatic heterocycles. The molecule has 0 bridgehead atoms. The number of hydrogen-bond acceptors (Lipinski definition) is 2. The van der Waals surface area contributed by atoms with E-state index in [0.29, 0.717) is 5.78 Å². The smallest absolute Gasteiger partial charge is 0.149 e. The van der Waals surface area contributed by atoms with Crippen molar-refractivity contribution in [3.05, 3.63) is 0 Å². The molecule has 0 aromatic carbocycles. The second kappa shape index (κ2) is 6.70. The molecular weight excluding hydrogens is 222 g/mol. The van der Waals surface area contributed by atoms with Crippen molar-refractivity contribution in [1.29, 1.82) is 0 Å². The Morgan fingerprint density at radius 3 is 2.61 bits per heavy atom. The Balaban J connectivity index is 1.93. The highest BCUT2D eigenvalue weighted by molar-refractivity contribution is 5.84. The van der Waals surface area contributed by atoms with Gasteiger partial charge >= 0.3 is 0 Å². The van der Waals surface area contributed by atoms with Gasteiger partial charge in [0.15, 0.2) is 0 Å². The summed E-state index contributed by atoms with van der Waals surface area (Å²) in [6.07, 6.45) is 9.51.